The molecule has 0 spiro atoms. The minimum Gasteiger partial charge on any atom is -0.459 e. The molecule has 1 saturated carbocycles. The molecule has 1 saturated heterocycles. The van der Waals surface area contributed by atoms with Crippen LogP contribution in [0.1, 0.15) is 37.5 Å². The number of esters is 3. The summed E-state index contributed by atoms with van der Waals surface area (Å²) in [5.74, 6) is -3.90. The van der Waals surface area contributed by atoms with Gasteiger partial charge in [-0.15, -0.1) is 0 Å². The largest absolute Gasteiger partial charge is 0.459 e. The Morgan fingerprint density at radius 3 is 1.90 bits per heavy atom. The van der Waals surface area contributed by atoms with Gasteiger partial charge in [-0.3, -0.25) is 4.79 Å². The summed E-state index contributed by atoms with van der Waals surface area (Å²) in [6.07, 6.45) is 1.84. The van der Waals surface area contributed by atoms with Gasteiger partial charge in [0.1, 0.15) is 12.7 Å². The van der Waals surface area contributed by atoms with E-state index in [0.717, 1.165) is 0 Å². The van der Waals surface area contributed by atoms with E-state index >= 15 is 0 Å². The van der Waals surface area contributed by atoms with Crippen molar-refractivity contribution in [2.75, 3.05) is 6.61 Å². The Hall–Kier alpha value is -4.56. The molecule has 2 bridgehead atoms. The van der Waals surface area contributed by atoms with Crippen LogP contribution < -0.4 is 0 Å². The molecule has 6 rings (SSSR count). The molecule has 0 aromatic heterocycles. The van der Waals surface area contributed by atoms with Crippen LogP contribution in [0.2, 0.25) is 0 Å². The minimum atomic E-state index is -1.67. The Bertz CT molecular complexity index is 1450. The standard InChI is InChI=1S/C32H26O8/c33-27-31(39-29(35)21-12-6-2-7-13-21)38-25(19-37-28(34)20-10-4-1-5-11-20)26-23-16-17-24(18-23)32(26,27)40-30(36)22-14-8-3-9-15-22/h1-17,23-26,31H,18-19H2/t23-,24+,25+,26+,31+,32-/m0/s1. The van der Waals surface area contributed by atoms with E-state index in [9.17, 15) is 19.2 Å². The molecule has 202 valence electrons. The van der Waals surface area contributed by atoms with E-state index in [4.69, 9.17) is 18.9 Å². The third-order valence-corrected chi connectivity index (χ3v) is 7.80. The molecular formula is C32H26O8. The third-order valence-electron chi connectivity index (χ3n) is 7.80. The summed E-state index contributed by atoms with van der Waals surface area (Å²) in [4.78, 5) is 53.2. The van der Waals surface area contributed by atoms with Crippen LogP contribution in [0.4, 0.5) is 0 Å². The summed E-state index contributed by atoms with van der Waals surface area (Å²) in [5.41, 5.74) is -0.783. The Kier molecular flexibility index (Phi) is 6.77. The highest BCUT2D eigenvalue weighted by molar-refractivity contribution is 6.00. The second-order valence-corrected chi connectivity index (χ2v) is 10.1. The summed E-state index contributed by atoms with van der Waals surface area (Å²) >= 11 is 0. The first kappa shape index (κ1) is 25.7. The molecule has 3 aromatic rings. The Morgan fingerprint density at radius 2 is 1.30 bits per heavy atom. The molecule has 3 aliphatic rings. The van der Waals surface area contributed by atoms with Gasteiger partial charge in [-0.1, -0.05) is 66.7 Å². The predicted molar refractivity (Wildman–Crippen MR) is 141 cm³/mol. The van der Waals surface area contributed by atoms with Gasteiger partial charge >= 0.3 is 17.9 Å². The van der Waals surface area contributed by atoms with Gasteiger partial charge in [-0.2, -0.15) is 0 Å². The maximum absolute atomic E-state index is 14.1. The second kappa shape index (κ2) is 10.5. The number of carbonyl (C=O) groups is 4. The number of rotatable bonds is 7. The monoisotopic (exact) mass is 538 g/mol. The van der Waals surface area contributed by atoms with Crippen molar-refractivity contribution in [3.8, 4) is 0 Å². The molecule has 1 heterocycles. The Morgan fingerprint density at radius 1 is 0.750 bits per heavy atom. The molecule has 1 aliphatic heterocycles. The van der Waals surface area contributed by atoms with E-state index in [1.165, 1.54) is 0 Å². The molecule has 8 nitrogen and oxygen atoms in total. The number of hydrogen-bond donors (Lipinski definition) is 0. The molecule has 0 unspecified atom stereocenters. The molecular weight excluding hydrogens is 512 g/mol. The molecule has 2 aliphatic carbocycles. The number of Topliss-reactive ketones (excluding diaryl/α,β-unsaturated/α-hetero) is 1. The average molecular weight is 539 g/mol. The van der Waals surface area contributed by atoms with Gasteiger partial charge in [-0.05, 0) is 48.7 Å². The lowest BCUT2D eigenvalue weighted by atomic mass is 9.71. The second-order valence-electron chi connectivity index (χ2n) is 10.1. The number of allylic oxidation sites excluding steroid dienone is 1. The molecule has 0 amide bonds. The molecule has 6 atom stereocenters. The van der Waals surface area contributed by atoms with Gasteiger partial charge in [0.15, 0.2) is 5.60 Å². The fourth-order valence-corrected chi connectivity index (χ4v) is 6.02. The van der Waals surface area contributed by atoms with E-state index in [1.807, 2.05) is 12.2 Å². The SMILES string of the molecule is O=C(OC[C@H]1O[C@H](OC(=O)c2ccccc2)C(=O)[C@@]2(OC(=O)c3ccccc3)[C@@H]1[C@H]1C=C[C@@H]2C1)c1ccccc1. The van der Waals surface area contributed by atoms with Gasteiger partial charge in [0.2, 0.25) is 5.78 Å². The van der Waals surface area contributed by atoms with Gasteiger partial charge in [0, 0.05) is 11.8 Å². The first-order valence-corrected chi connectivity index (χ1v) is 13.1. The zero-order valence-electron chi connectivity index (χ0n) is 21.4. The lowest BCUT2D eigenvalue weighted by molar-refractivity contribution is -0.236. The molecule has 8 heteroatoms. The van der Waals surface area contributed by atoms with Gasteiger partial charge < -0.3 is 18.9 Å². The lowest BCUT2D eigenvalue weighted by Gasteiger charge is -2.48. The first-order valence-electron chi connectivity index (χ1n) is 13.1. The first-order chi connectivity index (χ1) is 19.5. The lowest BCUT2D eigenvalue weighted by Crippen LogP contribution is -2.66. The highest BCUT2D eigenvalue weighted by Crippen LogP contribution is 2.57. The van der Waals surface area contributed by atoms with Gasteiger partial charge in [0.05, 0.1) is 16.7 Å². The number of fused-ring (bicyclic) bond motifs is 5. The highest BCUT2D eigenvalue weighted by Gasteiger charge is 2.70. The number of carbonyl (C=O) groups excluding carboxylic acids is 4. The average Bonchev–Trinajstić information content (AvgIpc) is 3.61. The van der Waals surface area contributed by atoms with Crippen molar-refractivity contribution >= 4 is 23.7 Å². The number of ether oxygens (including phenoxy) is 4. The quantitative estimate of drug-likeness (QED) is 0.248. The van der Waals surface area contributed by atoms with Crippen molar-refractivity contribution in [2.45, 2.75) is 24.4 Å². The van der Waals surface area contributed by atoms with Crippen LogP contribution in [0.15, 0.2) is 103 Å². The molecule has 40 heavy (non-hydrogen) atoms. The number of hydrogen-bond acceptors (Lipinski definition) is 8. The molecule has 0 N–H and O–H groups in total. The van der Waals surface area contributed by atoms with Crippen LogP contribution in [0, 0.1) is 17.8 Å². The van der Waals surface area contributed by atoms with Crippen molar-refractivity contribution < 1.29 is 38.1 Å². The van der Waals surface area contributed by atoms with Crippen LogP contribution in [0.25, 0.3) is 0 Å². The summed E-state index contributed by atoms with van der Waals surface area (Å²) in [6, 6.07) is 25.1. The fraction of sp³-hybridized carbons (Fsp3) is 0.250. The number of benzene rings is 3. The van der Waals surface area contributed by atoms with Crippen LogP contribution >= 0.6 is 0 Å². The van der Waals surface area contributed by atoms with Crippen LogP contribution in [-0.4, -0.2) is 48.3 Å². The van der Waals surface area contributed by atoms with Crippen LogP contribution in [-0.2, 0) is 23.7 Å². The smallest absolute Gasteiger partial charge is 0.340 e. The third kappa shape index (κ3) is 4.50. The summed E-state index contributed by atoms with van der Waals surface area (Å²) < 4.78 is 23.4. The van der Waals surface area contributed by atoms with Crippen LogP contribution in [0.5, 0.6) is 0 Å². The normalized spacial score (nSPS) is 28.0. The summed E-state index contributed by atoms with van der Waals surface area (Å²) in [7, 11) is 0. The zero-order chi connectivity index (χ0) is 27.7. The van der Waals surface area contributed by atoms with E-state index in [-0.39, 0.29) is 23.7 Å². The van der Waals surface area contributed by atoms with E-state index in [2.05, 4.69) is 0 Å². The fourth-order valence-electron chi connectivity index (χ4n) is 6.02. The molecule has 2 fully saturated rings. The minimum absolute atomic E-state index is 0.163. The summed E-state index contributed by atoms with van der Waals surface area (Å²) in [5, 5.41) is 0. The topological polar surface area (TPSA) is 105 Å². The Balaban J connectivity index is 1.33. The van der Waals surface area contributed by atoms with E-state index < -0.39 is 53.5 Å². The van der Waals surface area contributed by atoms with E-state index in [1.54, 1.807) is 91.0 Å². The predicted octanol–water partition coefficient (Wildman–Crippen LogP) is 4.41. The number of ketones is 1. The van der Waals surface area contributed by atoms with Gasteiger partial charge in [-0.25, -0.2) is 14.4 Å². The molecule has 0 radical (unpaired) electrons. The maximum atomic E-state index is 14.1. The van der Waals surface area contributed by atoms with Crippen molar-refractivity contribution in [3.05, 3.63) is 120 Å². The zero-order valence-corrected chi connectivity index (χ0v) is 21.4. The van der Waals surface area contributed by atoms with Crippen molar-refractivity contribution in [2.24, 2.45) is 17.8 Å². The molecule has 3 aromatic carbocycles. The van der Waals surface area contributed by atoms with E-state index in [0.29, 0.717) is 12.0 Å². The maximum Gasteiger partial charge on any atom is 0.340 e. The van der Waals surface area contributed by atoms with Crippen LogP contribution in [0.3, 0.4) is 0 Å². The Labute approximate surface area is 230 Å². The highest BCUT2D eigenvalue weighted by atomic mass is 16.7. The van der Waals surface area contributed by atoms with Crippen molar-refractivity contribution in [1.29, 1.82) is 0 Å². The van der Waals surface area contributed by atoms with Gasteiger partial charge in [0.25, 0.3) is 6.29 Å². The summed E-state index contributed by atoms with van der Waals surface area (Å²) in [6.45, 7) is -0.229. The van der Waals surface area contributed by atoms with Crippen molar-refractivity contribution in [1.82, 2.24) is 0 Å². The van der Waals surface area contributed by atoms with Crippen molar-refractivity contribution in [3.63, 3.8) is 0 Å².